The van der Waals surface area contributed by atoms with Gasteiger partial charge < -0.3 is 25.0 Å². The number of benzene rings is 2. The first-order chi connectivity index (χ1) is 17.6. The number of aromatic nitrogens is 3. The first-order valence-electron chi connectivity index (χ1n) is 11.4. The minimum Gasteiger partial charge on any atom is -0.406 e. The molecule has 1 aliphatic heterocycles. The van der Waals surface area contributed by atoms with Gasteiger partial charge in [0.15, 0.2) is 0 Å². The van der Waals surface area contributed by atoms with Crippen LogP contribution in [0, 0.1) is 5.82 Å². The van der Waals surface area contributed by atoms with Gasteiger partial charge in [-0.2, -0.15) is 4.98 Å². The van der Waals surface area contributed by atoms with E-state index >= 15 is 0 Å². The lowest BCUT2D eigenvalue weighted by molar-refractivity contribution is -0.274. The monoisotopic (exact) mass is 520 g/mol. The molecular formula is C24H24F4N6O3. The van der Waals surface area contributed by atoms with E-state index in [2.05, 4.69) is 30.3 Å². The minimum absolute atomic E-state index is 0.0202. The highest BCUT2D eigenvalue weighted by atomic mass is 19.4. The van der Waals surface area contributed by atoms with Gasteiger partial charge in [0, 0.05) is 25.7 Å². The maximum atomic E-state index is 13.9. The summed E-state index contributed by atoms with van der Waals surface area (Å²) in [6, 6.07) is 9.77. The molecule has 2 aromatic carbocycles. The van der Waals surface area contributed by atoms with Gasteiger partial charge in [-0.15, -0.1) is 13.2 Å². The molecule has 1 aromatic heterocycles. The van der Waals surface area contributed by atoms with E-state index in [-0.39, 0.29) is 36.0 Å². The molecule has 2 N–H and O–H groups in total. The summed E-state index contributed by atoms with van der Waals surface area (Å²) in [5.41, 5.74) is 1.28. The Kier molecular flexibility index (Phi) is 8.01. The van der Waals surface area contributed by atoms with Crippen LogP contribution < -0.4 is 20.3 Å². The van der Waals surface area contributed by atoms with E-state index in [4.69, 9.17) is 4.74 Å². The van der Waals surface area contributed by atoms with E-state index in [0.717, 1.165) is 5.56 Å². The van der Waals surface area contributed by atoms with Crippen LogP contribution in [-0.2, 0) is 16.1 Å². The summed E-state index contributed by atoms with van der Waals surface area (Å²) in [5.74, 6) is -0.487. The summed E-state index contributed by atoms with van der Waals surface area (Å²) in [5, 5.41) is 5.41. The van der Waals surface area contributed by atoms with Crippen molar-refractivity contribution in [1.82, 2.24) is 15.0 Å². The fourth-order valence-electron chi connectivity index (χ4n) is 3.74. The summed E-state index contributed by atoms with van der Waals surface area (Å²) in [4.78, 5) is 26.0. The fourth-order valence-corrected chi connectivity index (χ4v) is 3.74. The van der Waals surface area contributed by atoms with Crippen molar-refractivity contribution in [3.8, 4) is 5.75 Å². The average Bonchev–Trinajstić information content (AvgIpc) is 2.85. The number of nitrogens with one attached hydrogen (secondary N) is 2. The number of carbonyl (C=O) groups excluding carboxylic acids is 1. The molecule has 4 rings (SSSR count). The molecule has 0 atom stereocenters. The number of anilines is 4. The average molecular weight is 520 g/mol. The highest BCUT2D eigenvalue weighted by molar-refractivity contribution is 5.89. The molecule has 2 heterocycles. The van der Waals surface area contributed by atoms with Crippen molar-refractivity contribution < 1.29 is 31.8 Å². The van der Waals surface area contributed by atoms with Crippen LogP contribution in [0.1, 0.15) is 25.3 Å². The van der Waals surface area contributed by atoms with Gasteiger partial charge in [-0.3, -0.25) is 4.79 Å². The van der Waals surface area contributed by atoms with Crippen LogP contribution in [0.3, 0.4) is 0 Å². The normalized spacial score (nSPS) is 14.4. The van der Waals surface area contributed by atoms with E-state index in [9.17, 15) is 22.4 Å². The number of carbonyl (C=O) groups is 1. The largest absolute Gasteiger partial charge is 0.573 e. The second-order valence-electron chi connectivity index (χ2n) is 8.30. The molecule has 1 saturated heterocycles. The quantitative estimate of drug-likeness (QED) is 0.409. The summed E-state index contributed by atoms with van der Waals surface area (Å²) in [6.07, 6.45) is -1.95. The van der Waals surface area contributed by atoms with Gasteiger partial charge in [0.1, 0.15) is 17.9 Å². The lowest BCUT2D eigenvalue weighted by Gasteiger charge is -2.32. The van der Waals surface area contributed by atoms with E-state index in [1.807, 2.05) is 4.90 Å². The number of piperidine rings is 1. The Bertz CT molecular complexity index is 1220. The molecule has 1 aliphatic rings. The highest BCUT2D eigenvalue weighted by Crippen LogP contribution is 2.25. The number of nitrogens with zero attached hydrogens (tertiary/aromatic N) is 4. The lowest BCUT2D eigenvalue weighted by atomic mass is 10.1. The predicted molar refractivity (Wildman–Crippen MR) is 127 cm³/mol. The van der Waals surface area contributed by atoms with Crippen LogP contribution in [0.5, 0.6) is 5.75 Å². The molecular weight excluding hydrogens is 496 g/mol. The SMILES string of the molecule is CC(=O)Nc1cc(Nc2ncnc(N3CCC(OCc4ccc(OC(F)(F)F)cc4)CC3)n2)ccc1F. The van der Waals surface area contributed by atoms with Gasteiger partial charge in [-0.05, 0) is 48.7 Å². The number of halogens is 4. The fraction of sp³-hybridized carbons (Fsp3) is 0.333. The van der Waals surface area contributed by atoms with Crippen molar-refractivity contribution in [2.75, 3.05) is 28.6 Å². The number of hydrogen-bond acceptors (Lipinski definition) is 8. The Morgan fingerprint density at radius 2 is 1.84 bits per heavy atom. The number of alkyl halides is 3. The third-order valence-electron chi connectivity index (χ3n) is 5.46. The van der Waals surface area contributed by atoms with E-state index in [1.165, 1.54) is 55.7 Å². The van der Waals surface area contributed by atoms with Crippen molar-refractivity contribution in [2.45, 2.75) is 38.8 Å². The molecule has 0 unspecified atom stereocenters. The molecule has 0 bridgehead atoms. The van der Waals surface area contributed by atoms with Crippen LogP contribution in [0.4, 0.5) is 40.8 Å². The summed E-state index contributed by atoms with van der Waals surface area (Å²) in [7, 11) is 0. The number of amides is 1. The minimum atomic E-state index is -4.72. The summed E-state index contributed by atoms with van der Waals surface area (Å²) in [6.45, 7) is 2.83. The smallest absolute Gasteiger partial charge is 0.406 e. The number of ether oxygens (including phenoxy) is 2. The molecule has 1 fully saturated rings. The first kappa shape index (κ1) is 26.1. The molecule has 37 heavy (non-hydrogen) atoms. The highest BCUT2D eigenvalue weighted by Gasteiger charge is 2.31. The van der Waals surface area contributed by atoms with Gasteiger partial charge in [0.05, 0.1) is 18.4 Å². The predicted octanol–water partition coefficient (Wildman–Crippen LogP) is 4.80. The van der Waals surface area contributed by atoms with Crippen LogP contribution in [0.25, 0.3) is 0 Å². The molecule has 196 valence electrons. The van der Waals surface area contributed by atoms with Gasteiger partial charge in [-0.25, -0.2) is 14.4 Å². The van der Waals surface area contributed by atoms with Crippen LogP contribution in [-0.4, -0.2) is 46.4 Å². The Morgan fingerprint density at radius 1 is 1.11 bits per heavy atom. The van der Waals surface area contributed by atoms with Crippen LogP contribution >= 0.6 is 0 Å². The maximum absolute atomic E-state index is 13.9. The van der Waals surface area contributed by atoms with Gasteiger partial charge in [0.25, 0.3) is 0 Å². The van der Waals surface area contributed by atoms with Crippen molar-refractivity contribution in [1.29, 1.82) is 0 Å². The van der Waals surface area contributed by atoms with Crippen molar-refractivity contribution in [3.05, 3.63) is 60.2 Å². The maximum Gasteiger partial charge on any atom is 0.573 e. The molecule has 9 nitrogen and oxygen atoms in total. The molecule has 0 spiro atoms. The topological polar surface area (TPSA) is 102 Å². The standard InChI is InChI=1S/C24H24F4N6O3/c1-15(35)31-21-12-17(4-7-20(21)25)32-22-29-14-30-23(33-22)34-10-8-18(9-11-34)36-13-16-2-5-19(6-3-16)37-24(26,27)28/h2-7,12,14,18H,8-11,13H2,1H3,(H,31,35)(H,29,30,32,33). The first-order valence-corrected chi connectivity index (χ1v) is 11.4. The van der Waals surface area contributed by atoms with Crippen LogP contribution in [0.15, 0.2) is 48.8 Å². The Labute approximate surface area is 209 Å². The Hall–Kier alpha value is -4.00. The zero-order valence-electron chi connectivity index (χ0n) is 19.8. The van der Waals surface area contributed by atoms with E-state index in [1.54, 1.807) is 0 Å². The number of hydrogen-bond donors (Lipinski definition) is 2. The number of rotatable bonds is 8. The third-order valence-corrected chi connectivity index (χ3v) is 5.46. The molecule has 13 heteroatoms. The summed E-state index contributed by atoms with van der Waals surface area (Å²) < 4.78 is 60.5. The molecule has 3 aromatic rings. The third kappa shape index (κ3) is 7.74. The van der Waals surface area contributed by atoms with Crippen molar-refractivity contribution in [3.63, 3.8) is 0 Å². The zero-order valence-corrected chi connectivity index (χ0v) is 19.8. The van der Waals surface area contributed by atoms with Crippen LogP contribution in [0.2, 0.25) is 0 Å². The molecule has 0 aliphatic carbocycles. The van der Waals surface area contributed by atoms with Gasteiger partial charge in [0.2, 0.25) is 17.8 Å². The molecule has 0 saturated carbocycles. The Morgan fingerprint density at radius 3 is 2.51 bits per heavy atom. The van der Waals surface area contributed by atoms with E-state index in [0.29, 0.717) is 37.6 Å². The van der Waals surface area contributed by atoms with Crippen molar-refractivity contribution in [2.24, 2.45) is 0 Å². The van der Waals surface area contributed by atoms with Crippen molar-refractivity contribution >= 4 is 29.2 Å². The zero-order chi connectivity index (χ0) is 26.4. The Balaban J connectivity index is 1.28. The van der Waals surface area contributed by atoms with E-state index < -0.39 is 12.2 Å². The molecule has 1 amide bonds. The lowest BCUT2D eigenvalue weighted by Crippen LogP contribution is -2.38. The second kappa shape index (κ2) is 11.4. The second-order valence-corrected chi connectivity index (χ2v) is 8.30. The molecule has 0 radical (unpaired) electrons. The van der Waals surface area contributed by atoms with Gasteiger partial charge >= 0.3 is 6.36 Å². The summed E-state index contributed by atoms with van der Waals surface area (Å²) >= 11 is 0. The van der Waals surface area contributed by atoms with Gasteiger partial charge in [-0.1, -0.05) is 12.1 Å².